The molecule has 0 aromatic heterocycles. The van der Waals surface area contributed by atoms with E-state index < -0.39 is 11.7 Å². The van der Waals surface area contributed by atoms with E-state index in [1.165, 1.54) is 0 Å². The Labute approximate surface area is 125 Å². The highest BCUT2D eigenvalue weighted by molar-refractivity contribution is 6.33. The summed E-state index contributed by atoms with van der Waals surface area (Å²) in [5, 5.41) is 12.3. The average molecular weight is 300 g/mol. The van der Waals surface area contributed by atoms with Gasteiger partial charge in [-0.15, -0.1) is 0 Å². The number of aryl methyl sites for hydroxylation is 1. The maximum Gasteiger partial charge on any atom is 0.412 e. The van der Waals surface area contributed by atoms with Crippen LogP contribution >= 0.6 is 11.6 Å². The third-order valence-electron chi connectivity index (χ3n) is 2.52. The highest BCUT2D eigenvalue weighted by atomic mass is 35.5. The molecule has 0 aliphatic rings. The molecule has 0 radical (unpaired) electrons. The van der Waals surface area contributed by atoms with E-state index >= 15 is 0 Å². The van der Waals surface area contributed by atoms with E-state index in [0.717, 1.165) is 12.0 Å². The average Bonchev–Trinajstić information content (AvgIpc) is 2.27. The first-order chi connectivity index (χ1) is 9.17. The van der Waals surface area contributed by atoms with Crippen molar-refractivity contribution in [2.75, 3.05) is 5.32 Å². The second-order valence-corrected chi connectivity index (χ2v) is 6.24. The summed E-state index contributed by atoms with van der Waals surface area (Å²) >= 11 is 6.13. The predicted octanol–water partition coefficient (Wildman–Crippen LogP) is 4.00. The van der Waals surface area contributed by atoms with Crippen molar-refractivity contribution in [3.63, 3.8) is 0 Å². The van der Waals surface area contributed by atoms with E-state index in [1.807, 2.05) is 6.07 Å². The molecule has 0 spiro atoms. The number of carbonyl (C=O) groups is 1. The van der Waals surface area contributed by atoms with Crippen molar-refractivity contribution in [2.45, 2.75) is 52.2 Å². The Morgan fingerprint density at radius 1 is 1.45 bits per heavy atom. The summed E-state index contributed by atoms with van der Waals surface area (Å²) < 4.78 is 5.16. The number of nitrogens with one attached hydrogen (secondary N) is 1. The minimum atomic E-state index is -0.548. The van der Waals surface area contributed by atoms with Crippen molar-refractivity contribution in [2.24, 2.45) is 0 Å². The molecule has 1 amide bonds. The number of rotatable bonds is 4. The second kappa shape index (κ2) is 6.95. The minimum Gasteiger partial charge on any atom is -0.444 e. The summed E-state index contributed by atoms with van der Waals surface area (Å²) in [7, 11) is 0. The Morgan fingerprint density at radius 3 is 2.60 bits per heavy atom. The zero-order valence-corrected chi connectivity index (χ0v) is 13.1. The fraction of sp³-hybridized carbons (Fsp3) is 0.533. The Balaban J connectivity index is 2.66. The molecule has 20 heavy (non-hydrogen) atoms. The molecule has 5 heteroatoms. The summed E-state index contributed by atoms with van der Waals surface area (Å²) in [6.45, 7) is 7.15. The van der Waals surface area contributed by atoms with Crippen LogP contribution < -0.4 is 5.32 Å². The molecule has 1 atom stereocenters. The van der Waals surface area contributed by atoms with E-state index in [1.54, 1.807) is 39.8 Å². The van der Waals surface area contributed by atoms with Crippen LogP contribution in [-0.2, 0) is 11.2 Å². The topological polar surface area (TPSA) is 58.6 Å². The van der Waals surface area contributed by atoms with E-state index in [4.69, 9.17) is 16.3 Å². The van der Waals surface area contributed by atoms with E-state index in [9.17, 15) is 9.90 Å². The molecule has 0 bridgehead atoms. The molecular formula is C15H22ClNO3. The fourth-order valence-corrected chi connectivity index (χ4v) is 1.85. The first kappa shape index (κ1) is 16.8. The number of hydrogen-bond donors (Lipinski definition) is 2. The number of aliphatic hydroxyl groups is 1. The molecule has 0 aliphatic heterocycles. The fourth-order valence-electron chi connectivity index (χ4n) is 1.60. The Kier molecular flexibility index (Phi) is 5.84. The number of halogens is 1. The first-order valence-electron chi connectivity index (χ1n) is 6.64. The summed E-state index contributed by atoms with van der Waals surface area (Å²) in [6, 6.07) is 5.40. The van der Waals surface area contributed by atoms with Gasteiger partial charge in [-0.25, -0.2) is 4.79 Å². The van der Waals surface area contributed by atoms with Gasteiger partial charge in [0.15, 0.2) is 0 Å². The lowest BCUT2D eigenvalue weighted by molar-refractivity contribution is 0.0636. The molecule has 0 saturated heterocycles. The molecule has 0 saturated carbocycles. The van der Waals surface area contributed by atoms with Crippen LogP contribution in [0.25, 0.3) is 0 Å². The number of aliphatic hydroxyl groups excluding tert-OH is 1. The molecule has 1 rings (SSSR count). The van der Waals surface area contributed by atoms with Gasteiger partial charge in [0.25, 0.3) is 0 Å². The molecule has 0 fully saturated rings. The zero-order valence-electron chi connectivity index (χ0n) is 12.4. The van der Waals surface area contributed by atoms with Crippen molar-refractivity contribution in [1.82, 2.24) is 0 Å². The largest absolute Gasteiger partial charge is 0.444 e. The molecule has 112 valence electrons. The highest BCUT2D eigenvalue weighted by Gasteiger charge is 2.17. The Bertz CT molecular complexity index is 467. The number of carbonyl (C=O) groups excluding carboxylic acids is 1. The van der Waals surface area contributed by atoms with Crippen molar-refractivity contribution in [1.29, 1.82) is 0 Å². The second-order valence-electron chi connectivity index (χ2n) is 5.83. The molecule has 0 aliphatic carbocycles. The monoisotopic (exact) mass is 299 g/mol. The van der Waals surface area contributed by atoms with Crippen molar-refractivity contribution in [3.8, 4) is 0 Å². The van der Waals surface area contributed by atoms with E-state index in [2.05, 4.69) is 5.32 Å². The summed E-state index contributed by atoms with van der Waals surface area (Å²) in [6.07, 6.45) is 0.545. The number of amides is 1. The lowest BCUT2D eigenvalue weighted by Crippen LogP contribution is -2.27. The van der Waals surface area contributed by atoms with Crippen LogP contribution in [0, 0.1) is 0 Å². The van der Waals surface area contributed by atoms with Crippen LogP contribution in [0.1, 0.15) is 39.7 Å². The van der Waals surface area contributed by atoms with Crippen LogP contribution in [0.3, 0.4) is 0 Å². The van der Waals surface area contributed by atoms with Gasteiger partial charge in [-0.05, 0) is 58.2 Å². The molecule has 2 N–H and O–H groups in total. The quantitative estimate of drug-likeness (QED) is 0.883. The molecule has 1 aromatic rings. The van der Waals surface area contributed by atoms with Crippen LogP contribution in [0.15, 0.2) is 18.2 Å². The predicted molar refractivity (Wildman–Crippen MR) is 81.3 cm³/mol. The molecule has 0 heterocycles. The van der Waals surface area contributed by atoms with Gasteiger partial charge in [-0.2, -0.15) is 0 Å². The van der Waals surface area contributed by atoms with Gasteiger partial charge in [0, 0.05) is 0 Å². The minimum absolute atomic E-state index is 0.339. The lowest BCUT2D eigenvalue weighted by Gasteiger charge is -2.20. The van der Waals surface area contributed by atoms with Crippen LogP contribution in [0.2, 0.25) is 5.02 Å². The van der Waals surface area contributed by atoms with Gasteiger partial charge in [0.2, 0.25) is 0 Å². The van der Waals surface area contributed by atoms with E-state index in [0.29, 0.717) is 17.1 Å². The third-order valence-corrected chi connectivity index (χ3v) is 2.83. The standard InChI is InChI=1S/C15H22ClNO3/c1-10(18)5-6-11-7-8-13(12(16)9-11)17-14(19)20-15(2,3)4/h7-10,18H,5-6H2,1-4H3,(H,17,19). The van der Waals surface area contributed by atoms with Crippen molar-refractivity contribution >= 4 is 23.4 Å². The summed E-state index contributed by atoms with van der Waals surface area (Å²) in [5.74, 6) is 0. The number of benzene rings is 1. The maximum atomic E-state index is 11.7. The summed E-state index contributed by atoms with van der Waals surface area (Å²) in [4.78, 5) is 11.7. The van der Waals surface area contributed by atoms with Gasteiger partial charge in [0.1, 0.15) is 5.60 Å². The van der Waals surface area contributed by atoms with Gasteiger partial charge < -0.3 is 9.84 Å². The maximum absolute atomic E-state index is 11.7. The van der Waals surface area contributed by atoms with Crippen LogP contribution in [-0.4, -0.2) is 22.9 Å². The SMILES string of the molecule is CC(O)CCc1ccc(NC(=O)OC(C)(C)C)c(Cl)c1. The Morgan fingerprint density at radius 2 is 2.10 bits per heavy atom. The Hall–Kier alpha value is -1.26. The molecule has 1 unspecified atom stereocenters. The first-order valence-corrected chi connectivity index (χ1v) is 7.01. The van der Waals surface area contributed by atoms with Crippen molar-refractivity contribution in [3.05, 3.63) is 28.8 Å². The smallest absolute Gasteiger partial charge is 0.412 e. The van der Waals surface area contributed by atoms with E-state index in [-0.39, 0.29) is 6.10 Å². The number of hydrogen-bond acceptors (Lipinski definition) is 3. The molecule has 1 aromatic carbocycles. The summed E-state index contributed by atoms with van der Waals surface area (Å²) in [5.41, 5.74) is 0.987. The van der Waals surface area contributed by atoms with Crippen LogP contribution in [0.4, 0.5) is 10.5 Å². The third kappa shape index (κ3) is 6.26. The van der Waals surface area contributed by atoms with Crippen molar-refractivity contribution < 1.29 is 14.6 Å². The molecular weight excluding hydrogens is 278 g/mol. The zero-order chi connectivity index (χ0) is 15.3. The number of anilines is 1. The number of ether oxygens (including phenoxy) is 1. The van der Waals surface area contributed by atoms with Gasteiger partial charge in [-0.1, -0.05) is 17.7 Å². The lowest BCUT2D eigenvalue weighted by atomic mass is 10.1. The van der Waals surface area contributed by atoms with Gasteiger partial charge in [0.05, 0.1) is 16.8 Å². The van der Waals surface area contributed by atoms with Crippen LogP contribution in [0.5, 0.6) is 0 Å². The normalized spacial score (nSPS) is 12.9. The van der Waals surface area contributed by atoms with Gasteiger partial charge >= 0.3 is 6.09 Å². The molecule has 4 nitrogen and oxygen atoms in total. The van der Waals surface area contributed by atoms with Gasteiger partial charge in [-0.3, -0.25) is 5.32 Å². The highest BCUT2D eigenvalue weighted by Crippen LogP contribution is 2.24.